The van der Waals surface area contributed by atoms with E-state index in [1.54, 1.807) is 12.3 Å². The fourth-order valence-electron chi connectivity index (χ4n) is 3.48. The molecule has 3 heterocycles. The number of carbonyl (C=O) groups is 1. The number of furan rings is 1. The Morgan fingerprint density at radius 2 is 1.88 bits per heavy atom. The van der Waals surface area contributed by atoms with E-state index in [1.165, 1.54) is 11.8 Å². The third-order valence-electron chi connectivity index (χ3n) is 5.14. The van der Waals surface area contributed by atoms with Gasteiger partial charge in [0.1, 0.15) is 12.4 Å². The number of thioether (sulfide) groups is 1. The fourth-order valence-corrected chi connectivity index (χ4v) is 4.37. The van der Waals surface area contributed by atoms with Gasteiger partial charge in [-0.1, -0.05) is 42.1 Å². The molecule has 0 unspecified atom stereocenters. The maximum absolute atomic E-state index is 12.7. The number of hydrogen-bond donors (Lipinski definition) is 1. The molecule has 33 heavy (non-hydrogen) atoms. The molecule has 0 fully saturated rings. The molecule has 168 valence electrons. The first-order chi connectivity index (χ1) is 16.2. The van der Waals surface area contributed by atoms with Gasteiger partial charge in [0.25, 0.3) is 0 Å². The molecule has 2 aromatic carbocycles. The largest absolute Gasteiger partial charge is 0.485 e. The van der Waals surface area contributed by atoms with Crippen LogP contribution in [-0.4, -0.2) is 32.5 Å². The predicted molar refractivity (Wildman–Crippen MR) is 123 cm³/mol. The predicted octanol–water partition coefficient (Wildman–Crippen LogP) is 4.17. The summed E-state index contributed by atoms with van der Waals surface area (Å²) >= 11 is 1.33. The molecule has 1 amide bonds. The van der Waals surface area contributed by atoms with Gasteiger partial charge in [-0.3, -0.25) is 9.36 Å². The fraction of sp³-hybridized carbons (Fsp3) is 0.208. The normalized spacial score (nSPS) is 15.7. The lowest BCUT2D eigenvalue weighted by Gasteiger charge is -2.26. The number of rotatable bonds is 7. The molecule has 0 bridgehead atoms. The van der Waals surface area contributed by atoms with Gasteiger partial charge in [-0.25, -0.2) is 0 Å². The summed E-state index contributed by atoms with van der Waals surface area (Å²) in [6.45, 7) is 2.48. The molecule has 1 N–H and O–H groups in total. The van der Waals surface area contributed by atoms with Crippen LogP contribution in [0.5, 0.6) is 11.5 Å². The summed E-state index contributed by atoms with van der Waals surface area (Å²) in [5.41, 5.74) is 0.880. The molecule has 2 aromatic heterocycles. The van der Waals surface area contributed by atoms with Crippen LogP contribution >= 0.6 is 11.8 Å². The molecule has 4 aromatic rings. The molecule has 0 saturated heterocycles. The van der Waals surface area contributed by atoms with Crippen LogP contribution in [0.25, 0.3) is 5.69 Å². The van der Waals surface area contributed by atoms with E-state index in [2.05, 4.69) is 15.5 Å². The molecule has 0 radical (unpaired) electrons. The SMILES string of the molecule is C[C@H](Sc1nnc([C@H]2COc3ccccc3O2)n1-c1ccccc1)C(=O)NCc1ccco1. The zero-order valence-corrected chi connectivity index (χ0v) is 18.7. The number of benzene rings is 2. The number of carbonyl (C=O) groups excluding carboxylic acids is 1. The zero-order valence-electron chi connectivity index (χ0n) is 17.9. The van der Waals surface area contributed by atoms with Gasteiger partial charge in [-0.2, -0.15) is 0 Å². The first kappa shape index (κ1) is 21.1. The second-order valence-corrected chi connectivity index (χ2v) is 8.74. The summed E-state index contributed by atoms with van der Waals surface area (Å²) in [5, 5.41) is 11.9. The third kappa shape index (κ3) is 4.58. The van der Waals surface area contributed by atoms with Gasteiger partial charge in [0.05, 0.1) is 18.1 Å². The van der Waals surface area contributed by atoms with Crippen molar-refractivity contribution in [2.24, 2.45) is 0 Å². The Kier molecular flexibility index (Phi) is 6.03. The lowest BCUT2D eigenvalue weighted by atomic mass is 10.2. The number of amides is 1. The molecule has 0 spiro atoms. The molecular formula is C24H22N4O4S. The highest BCUT2D eigenvalue weighted by atomic mass is 32.2. The number of ether oxygens (including phenoxy) is 2. The molecule has 8 nitrogen and oxygen atoms in total. The van der Waals surface area contributed by atoms with E-state index >= 15 is 0 Å². The number of nitrogens with zero attached hydrogens (tertiary/aromatic N) is 3. The number of fused-ring (bicyclic) bond motifs is 1. The van der Waals surface area contributed by atoms with Crippen molar-refractivity contribution in [3.05, 3.63) is 84.6 Å². The van der Waals surface area contributed by atoms with Crippen LogP contribution in [0.2, 0.25) is 0 Å². The molecule has 5 rings (SSSR count). The van der Waals surface area contributed by atoms with Crippen molar-refractivity contribution in [1.82, 2.24) is 20.1 Å². The van der Waals surface area contributed by atoms with Crippen molar-refractivity contribution in [3.63, 3.8) is 0 Å². The van der Waals surface area contributed by atoms with E-state index in [9.17, 15) is 4.79 Å². The summed E-state index contributed by atoms with van der Waals surface area (Å²) in [7, 11) is 0. The summed E-state index contributed by atoms with van der Waals surface area (Å²) in [6, 6.07) is 20.9. The van der Waals surface area contributed by atoms with E-state index < -0.39 is 11.4 Å². The Morgan fingerprint density at radius 3 is 2.67 bits per heavy atom. The summed E-state index contributed by atoms with van der Waals surface area (Å²) in [5.74, 6) is 2.56. The van der Waals surface area contributed by atoms with Gasteiger partial charge in [-0.15, -0.1) is 10.2 Å². The lowest BCUT2D eigenvalue weighted by molar-refractivity contribution is -0.120. The minimum atomic E-state index is -0.440. The number of aromatic nitrogens is 3. The minimum absolute atomic E-state index is 0.119. The average molecular weight is 463 g/mol. The van der Waals surface area contributed by atoms with Gasteiger partial charge in [0.15, 0.2) is 28.6 Å². The van der Waals surface area contributed by atoms with Crippen molar-refractivity contribution >= 4 is 17.7 Å². The number of para-hydroxylation sites is 3. The molecule has 1 aliphatic rings. The first-order valence-electron chi connectivity index (χ1n) is 10.5. The van der Waals surface area contributed by atoms with Gasteiger partial charge < -0.3 is 19.2 Å². The Labute approximate surface area is 194 Å². The topological polar surface area (TPSA) is 91.4 Å². The van der Waals surface area contributed by atoms with Crippen LogP contribution in [0.15, 0.2) is 82.6 Å². The Bertz CT molecular complexity index is 1230. The summed E-state index contributed by atoms with van der Waals surface area (Å²) in [4.78, 5) is 12.7. The van der Waals surface area contributed by atoms with Crippen LogP contribution in [0, 0.1) is 0 Å². The third-order valence-corrected chi connectivity index (χ3v) is 6.18. The van der Waals surface area contributed by atoms with Crippen molar-refractivity contribution < 1.29 is 18.7 Å². The molecule has 9 heteroatoms. The van der Waals surface area contributed by atoms with Crippen LogP contribution in [0.4, 0.5) is 0 Å². The van der Waals surface area contributed by atoms with Gasteiger partial charge in [0.2, 0.25) is 5.91 Å². The zero-order chi connectivity index (χ0) is 22.6. The highest BCUT2D eigenvalue weighted by Crippen LogP contribution is 2.37. The van der Waals surface area contributed by atoms with E-state index in [1.807, 2.05) is 72.2 Å². The second kappa shape index (κ2) is 9.41. The summed E-state index contributed by atoms with van der Waals surface area (Å²) in [6.07, 6.45) is 1.14. The minimum Gasteiger partial charge on any atom is -0.485 e. The van der Waals surface area contributed by atoms with Crippen molar-refractivity contribution in [2.45, 2.75) is 30.0 Å². The Balaban J connectivity index is 1.39. The molecule has 0 saturated carbocycles. The highest BCUT2D eigenvalue weighted by molar-refractivity contribution is 8.00. The number of hydrogen-bond acceptors (Lipinski definition) is 7. The standard InChI is InChI=1S/C24H22N4O4S/c1-16(23(29)25-14-18-10-7-13-30-18)33-24-27-26-22(28(24)17-8-3-2-4-9-17)21-15-31-19-11-5-6-12-20(19)32-21/h2-13,16,21H,14-15H2,1H3,(H,25,29)/t16-,21+/m0/s1. The Morgan fingerprint density at radius 1 is 1.09 bits per heavy atom. The second-order valence-electron chi connectivity index (χ2n) is 7.43. The van der Waals surface area contributed by atoms with Crippen molar-refractivity contribution in [1.29, 1.82) is 0 Å². The highest BCUT2D eigenvalue weighted by Gasteiger charge is 2.30. The average Bonchev–Trinajstić information content (AvgIpc) is 3.53. The van der Waals surface area contributed by atoms with E-state index in [4.69, 9.17) is 13.9 Å². The maximum atomic E-state index is 12.7. The monoisotopic (exact) mass is 462 g/mol. The lowest BCUT2D eigenvalue weighted by Crippen LogP contribution is -2.30. The summed E-state index contributed by atoms with van der Waals surface area (Å²) < 4.78 is 19.3. The van der Waals surface area contributed by atoms with Crippen LogP contribution in [0.1, 0.15) is 24.6 Å². The first-order valence-corrected chi connectivity index (χ1v) is 11.4. The molecular weight excluding hydrogens is 440 g/mol. The van der Waals surface area contributed by atoms with Crippen molar-refractivity contribution in [3.8, 4) is 17.2 Å². The van der Waals surface area contributed by atoms with E-state index in [0.29, 0.717) is 41.4 Å². The molecule has 1 aliphatic heterocycles. The van der Waals surface area contributed by atoms with E-state index in [-0.39, 0.29) is 5.91 Å². The molecule has 0 aliphatic carbocycles. The Hall–Kier alpha value is -3.72. The smallest absolute Gasteiger partial charge is 0.233 e. The van der Waals surface area contributed by atoms with Crippen LogP contribution in [0.3, 0.4) is 0 Å². The van der Waals surface area contributed by atoms with E-state index in [0.717, 1.165) is 5.69 Å². The van der Waals surface area contributed by atoms with Gasteiger partial charge >= 0.3 is 0 Å². The van der Waals surface area contributed by atoms with Gasteiger partial charge in [0, 0.05) is 5.69 Å². The quantitative estimate of drug-likeness (QED) is 0.412. The van der Waals surface area contributed by atoms with Crippen LogP contribution in [-0.2, 0) is 11.3 Å². The maximum Gasteiger partial charge on any atom is 0.233 e. The van der Waals surface area contributed by atoms with Crippen molar-refractivity contribution in [2.75, 3.05) is 6.61 Å². The molecule has 2 atom stereocenters. The van der Waals surface area contributed by atoms with Crippen LogP contribution < -0.4 is 14.8 Å². The van der Waals surface area contributed by atoms with Gasteiger partial charge in [-0.05, 0) is 43.3 Å². The number of nitrogens with one attached hydrogen (secondary N) is 1.